The SMILES string of the molecule is CCC(NC1CCCN(CC)C1)c1cccc(F)c1. The summed E-state index contributed by atoms with van der Waals surface area (Å²) in [7, 11) is 0. The van der Waals surface area contributed by atoms with Crippen LogP contribution >= 0.6 is 0 Å². The summed E-state index contributed by atoms with van der Waals surface area (Å²) in [6.07, 6.45) is 3.47. The van der Waals surface area contributed by atoms with Crippen LogP contribution < -0.4 is 5.32 Å². The van der Waals surface area contributed by atoms with Crippen LogP contribution in [0.25, 0.3) is 0 Å². The van der Waals surface area contributed by atoms with Crippen molar-refractivity contribution in [3.05, 3.63) is 35.6 Å². The first-order valence-corrected chi connectivity index (χ1v) is 7.46. The summed E-state index contributed by atoms with van der Waals surface area (Å²) in [4.78, 5) is 2.49. The molecule has 3 heteroatoms. The second-order valence-corrected chi connectivity index (χ2v) is 5.41. The Morgan fingerprint density at radius 3 is 2.95 bits per heavy atom. The molecular formula is C16H25FN2. The molecule has 0 saturated carbocycles. The number of benzene rings is 1. The molecule has 1 aromatic rings. The first-order valence-electron chi connectivity index (χ1n) is 7.46. The molecule has 1 N–H and O–H groups in total. The summed E-state index contributed by atoms with van der Waals surface area (Å²) in [5.41, 5.74) is 1.07. The molecule has 0 spiro atoms. The van der Waals surface area contributed by atoms with Gasteiger partial charge in [0.2, 0.25) is 0 Å². The van der Waals surface area contributed by atoms with E-state index in [9.17, 15) is 4.39 Å². The average Bonchev–Trinajstić information content (AvgIpc) is 2.45. The molecule has 1 aliphatic rings. The van der Waals surface area contributed by atoms with Crippen molar-refractivity contribution in [2.75, 3.05) is 19.6 Å². The molecule has 106 valence electrons. The molecule has 2 nitrogen and oxygen atoms in total. The fourth-order valence-corrected chi connectivity index (χ4v) is 2.94. The van der Waals surface area contributed by atoms with Gasteiger partial charge in [0.05, 0.1) is 0 Å². The number of hydrogen-bond donors (Lipinski definition) is 1. The van der Waals surface area contributed by atoms with E-state index in [0.29, 0.717) is 6.04 Å². The van der Waals surface area contributed by atoms with E-state index >= 15 is 0 Å². The predicted molar refractivity (Wildman–Crippen MR) is 77.7 cm³/mol. The Bertz CT molecular complexity index is 394. The minimum Gasteiger partial charge on any atom is -0.306 e. The van der Waals surface area contributed by atoms with Crippen LogP contribution in [0.2, 0.25) is 0 Å². The molecule has 2 unspecified atom stereocenters. The van der Waals surface area contributed by atoms with Crippen molar-refractivity contribution in [2.45, 2.75) is 45.2 Å². The van der Waals surface area contributed by atoms with E-state index in [-0.39, 0.29) is 11.9 Å². The number of likely N-dealkylation sites (N-methyl/N-ethyl adjacent to an activating group) is 1. The third kappa shape index (κ3) is 4.02. The van der Waals surface area contributed by atoms with Crippen LogP contribution in [-0.4, -0.2) is 30.6 Å². The lowest BCUT2D eigenvalue weighted by atomic mass is 10.00. The number of nitrogens with zero attached hydrogens (tertiary/aromatic N) is 1. The molecule has 0 aromatic heterocycles. The van der Waals surface area contributed by atoms with Crippen LogP contribution in [0.15, 0.2) is 24.3 Å². The van der Waals surface area contributed by atoms with Gasteiger partial charge in [-0.2, -0.15) is 0 Å². The molecule has 0 bridgehead atoms. The molecule has 1 fully saturated rings. The van der Waals surface area contributed by atoms with Gasteiger partial charge in [-0.1, -0.05) is 26.0 Å². The Morgan fingerprint density at radius 1 is 1.42 bits per heavy atom. The summed E-state index contributed by atoms with van der Waals surface area (Å²) in [6, 6.07) is 7.77. The molecule has 19 heavy (non-hydrogen) atoms. The van der Waals surface area contributed by atoms with Crippen molar-refractivity contribution in [1.29, 1.82) is 0 Å². The minimum absolute atomic E-state index is 0.142. The van der Waals surface area contributed by atoms with Crippen molar-refractivity contribution in [1.82, 2.24) is 10.2 Å². The van der Waals surface area contributed by atoms with Gasteiger partial charge in [-0.15, -0.1) is 0 Å². The van der Waals surface area contributed by atoms with Crippen LogP contribution in [0.1, 0.15) is 44.7 Å². The van der Waals surface area contributed by atoms with Gasteiger partial charge in [0.15, 0.2) is 0 Å². The van der Waals surface area contributed by atoms with E-state index in [2.05, 4.69) is 24.1 Å². The van der Waals surface area contributed by atoms with E-state index < -0.39 is 0 Å². The van der Waals surface area contributed by atoms with Gasteiger partial charge in [-0.05, 0) is 50.0 Å². The second-order valence-electron chi connectivity index (χ2n) is 5.41. The highest BCUT2D eigenvalue weighted by molar-refractivity contribution is 5.20. The standard InChI is InChI=1S/C16H25FN2/c1-3-16(13-7-5-8-14(17)11-13)18-15-9-6-10-19(4-2)12-15/h5,7-8,11,15-16,18H,3-4,6,9-10,12H2,1-2H3. The molecule has 1 aliphatic heterocycles. The molecule has 1 aromatic carbocycles. The lowest BCUT2D eigenvalue weighted by Gasteiger charge is -2.34. The van der Waals surface area contributed by atoms with Crippen molar-refractivity contribution >= 4 is 0 Å². The van der Waals surface area contributed by atoms with Gasteiger partial charge in [0.25, 0.3) is 0 Å². The maximum absolute atomic E-state index is 13.3. The van der Waals surface area contributed by atoms with Gasteiger partial charge in [0.1, 0.15) is 5.82 Å². The van der Waals surface area contributed by atoms with E-state index in [0.717, 1.165) is 25.1 Å². The fraction of sp³-hybridized carbons (Fsp3) is 0.625. The highest BCUT2D eigenvalue weighted by Crippen LogP contribution is 2.20. The van der Waals surface area contributed by atoms with Crippen LogP contribution in [0.3, 0.4) is 0 Å². The zero-order chi connectivity index (χ0) is 13.7. The van der Waals surface area contributed by atoms with Crippen molar-refractivity contribution in [3.8, 4) is 0 Å². The number of nitrogens with one attached hydrogen (secondary N) is 1. The maximum atomic E-state index is 13.3. The van der Waals surface area contributed by atoms with Gasteiger partial charge in [0, 0.05) is 18.6 Å². The van der Waals surface area contributed by atoms with Crippen molar-refractivity contribution in [3.63, 3.8) is 0 Å². The molecule has 1 heterocycles. The lowest BCUT2D eigenvalue weighted by Crippen LogP contribution is -2.46. The third-order valence-electron chi connectivity index (χ3n) is 4.05. The van der Waals surface area contributed by atoms with Crippen LogP contribution in [-0.2, 0) is 0 Å². The van der Waals surface area contributed by atoms with Crippen LogP contribution in [0.4, 0.5) is 4.39 Å². The first kappa shape index (κ1) is 14.5. The summed E-state index contributed by atoms with van der Waals surface area (Å²) in [5.74, 6) is -0.142. The van der Waals surface area contributed by atoms with Gasteiger partial charge in [-0.3, -0.25) is 0 Å². The maximum Gasteiger partial charge on any atom is 0.123 e. The van der Waals surface area contributed by atoms with Gasteiger partial charge in [-0.25, -0.2) is 4.39 Å². The zero-order valence-electron chi connectivity index (χ0n) is 12.0. The Hall–Kier alpha value is -0.930. The van der Waals surface area contributed by atoms with E-state index in [1.54, 1.807) is 12.1 Å². The lowest BCUT2D eigenvalue weighted by molar-refractivity contribution is 0.189. The third-order valence-corrected chi connectivity index (χ3v) is 4.05. The summed E-state index contributed by atoms with van der Waals surface area (Å²) in [6.45, 7) is 7.82. The highest BCUT2D eigenvalue weighted by Gasteiger charge is 2.21. The van der Waals surface area contributed by atoms with E-state index in [1.165, 1.54) is 25.5 Å². The average molecular weight is 264 g/mol. The quantitative estimate of drug-likeness (QED) is 0.877. The Balaban J connectivity index is 1.99. The monoisotopic (exact) mass is 264 g/mol. The zero-order valence-corrected chi connectivity index (χ0v) is 12.0. The molecule has 0 aliphatic carbocycles. The number of likely N-dealkylation sites (tertiary alicyclic amines) is 1. The van der Waals surface area contributed by atoms with Crippen molar-refractivity contribution < 1.29 is 4.39 Å². The molecule has 0 radical (unpaired) electrons. The predicted octanol–water partition coefficient (Wildman–Crippen LogP) is 3.35. The largest absolute Gasteiger partial charge is 0.306 e. The molecular weight excluding hydrogens is 239 g/mol. The number of halogens is 1. The fourth-order valence-electron chi connectivity index (χ4n) is 2.94. The molecule has 2 rings (SSSR count). The smallest absolute Gasteiger partial charge is 0.123 e. The number of piperidine rings is 1. The molecule has 2 atom stereocenters. The number of rotatable bonds is 5. The van der Waals surface area contributed by atoms with Crippen molar-refractivity contribution in [2.24, 2.45) is 0 Å². The van der Waals surface area contributed by atoms with Crippen LogP contribution in [0, 0.1) is 5.82 Å². The van der Waals surface area contributed by atoms with Crippen LogP contribution in [0.5, 0.6) is 0 Å². The Labute approximate surface area is 116 Å². The van der Waals surface area contributed by atoms with E-state index in [1.807, 2.05) is 6.07 Å². The summed E-state index contributed by atoms with van der Waals surface area (Å²) >= 11 is 0. The second kappa shape index (κ2) is 7.01. The Kier molecular flexibility index (Phi) is 5.34. The number of hydrogen-bond acceptors (Lipinski definition) is 2. The molecule has 0 amide bonds. The summed E-state index contributed by atoms with van der Waals surface area (Å²) < 4.78 is 13.3. The van der Waals surface area contributed by atoms with Gasteiger partial charge < -0.3 is 10.2 Å². The minimum atomic E-state index is -0.142. The molecule has 1 saturated heterocycles. The van der Waals surface area contributed by atoms with Gasteiger partial charge >= 0.3 is 0 Å². The summed E-state index contributed by atoms with van der Waals surface area (Å²) in [5, 5.41) is 3.71. The topological polar surface area (TPSA) is 15.3 Å². The first-order chi connectivity index (χ1) is 9.22. The Morgan fingerprint density at radius 2 is 2.26 bits per heavy atom. The normalized spacial score (nSPS) is 22.4. The highest BCUT2D eigenvalue weighted by atomic mass is 19.1. The van der Waals surface area contributed by atoms with E-state index in [4.69, 9.17) is 0 Å².